The summed E-state index contributed by atoms with van der Waals surface area (Å²) < 4.78 is 0. The van der Waals surface area contributed by atoms with Gasteiger partial charge in [0, 0.05) is 0 Å². The monoisotopic (exact) mass is 223 g/mol. The first-order valence-corrected chi connectivity index (χ1v) is 7.30. The molecule has 95 valence electrons. The predicted octanol–water partition coefficient (Wildman–Crippen LogP) is 6.08. The van der Waals surface area contributed by atoms with Gasteiger partial charge in [-0.15, -0.1) is 6.58 Å². The van der Waals surface area contributed by atoms with Crippen molar-refractivity contribution in [3.8, 4) is 0 Å². The zero-order valence-electron chi connectivity index (χ0n) is 11.3. The van der Waals surface area contributed by atoms with E-state index in [1.807, 2.05) is 6.08 Å². The Morgan fingerprint density at radius 1 is 0.625 bits per heavy atom. The number of unbranched alkanes of at least 4 members (excludes halogenated alkanes) is 12. The highest BCUT2D eigenvalue weighted by molar-refractivity contribution is 4.65. The van der Waals surface area contributed by atoms with Gasteiger partial charge in [-0.05, 0) is 19.3 Å². The fraction of sp³-hybridized carbons (Fsp3) is 0.812. The summed E-state index contributed by atoms with van der Waals surface area (Å²) in [6, 6.07) is 0. The Labute approximate surface area is 104 Å². The minimum absolute atomic E-state index is 1.20. The molecule has 0 heterocycles. The average Bonchev–Trinajstić information content (AvgIpc) is 2.31. The molecule has 0 bridgehead atoms. The second kappa shape index (κ2) is 14.7. The van der Waals surface area contributed by atoms with Gasteiger partial charge in [0.1, 0.15) is 0 Å². The first kappa shape index (κ1) is 15.7. The largest absolute Gasteiger partial charge is 0.103 e. The lowest BCUT2D eigenvalue weighted by atomic mass is 10.0. The van der Waals surface area contributed by atoms with Gasteiger partial charge in [-0.25, -0.2) is 0 Å². The maximum absolute atomic E-state index is 3.75. The summed E-state index contributed by atoms with van der Waals surface area (Å²) in [5.41, 5.74) is 0. The average molecular weight is 223 g/mol. The Morgan fingerprint density at radius 3 is 1.38 bits per heavy atom. The minimum Gasteiger partial charge on any atom is -0.103 e. The molecule has 1 radical (unpaired) electrons. The lowest BCUT2D eigenvalue weighted by molar-refractivity contribution is 0.552. The second-order valence-corrected chi connectivity index (χ2v) is 4.81. The van der Waals surface area contributed by atoms with Crippen molar-refractivity contribution in [1.29, 1.82) is 0 Å². The van der Waals surface area contributed by atoms with E-state index in [1.54, 1.807) is 0 Å². The van der Waals surface area contributed by atoms with Crippen molar-refractivity contribution in [2.24, 2.45) is 0 Å². The first-order valence-electron chi connectivity index (χ1n) is 7.30. The van der Waals surface area contributed by atoms with E-state index in [-0.39, 0.29) is 0 Å². The maximum Gasteiger partial charge on any atom is -0.0353 e. The normalized spacial score (nSPS) is 10.6. The van der Waals surface area contributed by atoms with E-state index in [2.05, 4.69) is 19.9 Å². The van der Waals surface area contributed by atoms with Gasteiger partial charge in [0.15, 0.2) is 0 Å². The first-order chi connectivity index (χ1) is 7.91. The maximum atomic E-state index is 3.75. The van der Waals surface area contributed by atoms with Crippen LogP contribution in [0.4, 0.5) is 0 Å². The highest BCUT2D eigenvalue weighted by atomic mass is 14.0. The van der Waals surface area contributed by atoms with Crippen molar-refractivity contribution in [2.45, 2.75) is 84.0 Å². The number of rotatable bonds is 13. The van der Waals surface area contributed by atoms with Gasteiger partial charge in [0.25, 0.3) is 0 Å². The molecule has 16 heavy (non-hydrogen) atoms. The molecule has 0 aliphatic rings. The van der Waals surface area contributed by atoms with Crippen LogP contribution in [0.3, 0.4) is 0 Å². The number of allylic oxidation sites excluding steroid dienone is 1. The van der Waals surface area contributed by atoms with E-state index in [0.29, 0.717) is 0 Å². The van der Waals surface area contributed by atoms with Crippen LogP contribution in [0.1, 0.15) is 84.0 Å². The summed E-state index contributed by atoms with van der Waals surface area (Å²) in [6.45, 7) is 5.91. The predicted molar refractivity (Wildman–Crippen MR) is 75.6 cm³/mol. The molecular formula is C16H31. The molecule has 0 fully saturated rings. The summed E-state index contributed by atoms with van der Waals surface area (Å²) >= 11 is 0. The fourth-order valence-corrected chi connectivity index (χ4v) is 2.05. The fourth-order valence-electron chi connectivity index (χ4n) is 2.05. The van der Waals surface area contributed by atoms with Crippen LogP contribution in [-0.2, 0) is 0 Å². The van der Waals surface area contributed by atoms with Crippen molar-refractivity contribution in [1.82, 2.24) is 0 Å². The minimum atomic E-state index is 1.20. The summed E-state index contributed by atoms with van der Waals surface area (Å²) in [5.74, 6) is 0. The zero-order valence-corrected chi connectivity index (χ0v) is 11.3. The molecule has 0 N–H and O–H groups in total. The Kier molecular flexibility index (Phi) is 14.5. The Hall–Kier alpha value is -0.260. The van der Waals surface area contributed by atoms with Crippen LogP contribution < -0.4 is 0 Å². The Bertz CT molecular complexity index is 126. The van der Waals surface area contributed by atoms with Crippen molar-refractivity contribution < 1.29 is 0 Å². The molecule has 0 nitrogen and oxygen atoms in total. The molecule has 0 aromatic carbocycles. The van der Waals surface area contributed by atoms with E-state index in [1.165, 1.54) is 77.0 Å². The van der Waals surface area contributed by atoms with Crippen LogP contribution >= 0.6 is 0 Å². The van der Waals surface area contributed by atoms with E-state index in [4.69, 9.17) is 0 Å². The molecule has 0 aromatic rings. The number of hydrogen-bond donors (Lipinski definition) is 0. The molecule has 0 unspecified atom stereocenters. The molecule has 0 saturated heterocycles. The molecular weight excluding hydrogens is 192 g/mol. The Morgan fingerprint density at radius 2 is 1.00 bits per heavy atom. The van der Waals surface area contributed by atoms with Crippen molar-refractivity contribution in [3.63, 3.8) is 0 Å². The van der Waals surface area contributed by atoms with Gasteiger partial charge in [-0.3, -0.25) is 0 Å². The van der Waals surface area contributed by atoms with E-state index < -0.39 is 0 Å². The smallest absolute Gasteiger partial charge is 0.0353 e. The van der Waals surface area contributed by atoms with Gasteiger partial charge in [-0.2, -0.15) is 0 Å². The molecule has 0 amide bonds. The lowest BCUT2D eigenvalue weighted by Crippen LogP contribution is -1.82. The van der Waals surface area contributed by atoms with Gasteiger partial charge in [0.05, 0.1) is 0 Å². The summed E-state index contributed by atoms with van der Waals surface area (Å²) in [4.78, 5) is 0. The third kappa shape index (κ3) is 13.7. The third-order valence-electron chi connectivity index (χ3n) is 3.15. The van der Waals surface area contributed by atoms with E-state index in [9.17, 15) is 0 Å². The van der Waals surface area contributed by atoms with Gasteiger partial charge in [-0.1, -0.05) is 77.2 Å². The Balaban J connectivity index is 2.85. The van der Waals surface area contributed by atoms with Crippen molar-refractivity contribution in [3.05, 3.63) is 19.1 Å². The molecule has 0 rings (SSSR count). The molecule has 0 aliphatic heterocycles. The summed E-state index contributed by atoms with van der Waals surface area (Å²) in [6.07, 6.45) is 21.1. The van der Waals surface area contributed by atoms with Gasteiger partial charge in [0.2, 0.25) is 0 Å². The van der Waals surface area contributed by atoms with Gasteiger partial charge >= 0.3 is 0 Å². The highest BCUT2D eigenvalue weighted by Crippen LogP contribution is 2.12. The molecule has 0 saturated carbocycles. The SMILES string of the molecule is C=CCCCCCCCCCCCC[CH]C. The lowest BCUT2D eigenvalue weighted by Gasteiger charge is -2.01. The molecule has 0 aromatic heterocycles. The highest BCUT2D eigenvalue weighted by Gasteiger charge is 1.92. The molecule has 0 spiro atoms. The quantitative estimate of drug-likeness (QED) is 0.262. The summed E-state index contributed by atoms with van der Waals surface area (Å²) in [7, 11) is 0. The van der Waals surface area contributed by atoms with Crippen LogP contribution in [0.5, 0.6) is 0 Å². The molecule has 0 heteroatoms. The zero-order chi connectivity index (χ0) is 11.9. The summed E-state index contributed by atoms with van der Waals surface area (Å²) in [5, 5.41) is 0. The van der Waals surface area contributed by atoms with Gasteiger partial charge < -0.3 is 0 Å². The third-order valence-corrected chi connectivity index (χ3v) is 3.15. The second-order valence-electron chi connectivity index (χ2n) is 4.81. The molecule has 0 atom stereocenters. The van der Waals surface area contributed by atoms with Crippen LogP contribution in [-0.4, -0.2) is 0 Å². The van der Waals surface area contributed by atoms with Crippen LogP contribution in [0, 0.1) is 6.42 Å². The number of hydrogen-bond acceptors (Lipinski definition) is 0. The van der Waals surface area contributed by atoms with Crippen molar-refractivity contribution >= 4 is 0 Å². The van der Waals surface area contributed by atoms with E-state index >= 15 is 0 Å². The topological polar surface area (TPSA) is 0 Å². The van der Waals surface area contributed by atoms with Crippen LogP contribution in [0.2, 0.25) is 0 Å². The van der Waals surface area contributed by atoms with Crippen LogP contribution in [0.15, 0.2) is 12.7 Å². The standard InChI is InChI=1S/C16H31/c1-3-5-7-9-11-13-15-16-14-12-10-8-6-4-2/h3-4H,1,5-16H2,2H3. The van der Waals surface area contributed by atoms with Crippen molar-refractivity contribution in [2.75, 3.05) is 0 Å². The van der Waals surface area contributed by atoms with Crippen LogP contribution in [0.25, 0.3) is 0 Å². The van der Waals surface area contributed by atoms with E-state index in [0.717, 1.165) is 0 Å². The molecule has 0 aliphatic carbocycles.